The van der Waals surface area contributed by atoms with Gasteiger partial charge in [-0.2, -0.15) is 5.10 Å². The quantitative estimate of drug-likeness (QED) is 0.722. The molecule has 1 aliphatic carbocycles. The van der Waals surface area contributed by atoms with Crippen molar-refractivity contribution in [3.05, 3.63) is 11.9 Å². The lowest BCUT2D eigenvalue weighted by Crippen LogP contribution is -2.43. The molecule has 6 nitrogen and oxygen atoms in total. The maximum atomic E-state index is 13.2. The number of rotatable bonds is 7. The molecule has 2 rings (SSSR count). The van der Waals surface area contributed by atoms with Gasteiger partial charge in [-0.25, -0.2) is 13.6 Å². The summed E-state index contributed by atoms with van der Waals surface area (Å²) in [6.45, 7) is 4.54. The van der Waals surface area contributed by atoms with Crippen LogP contribution in [0.4, 0.5) is 19.3 Å². The number of anilines is 1. The van der Waals surface area contributed by atoms with Gasteiger partial charge < -0.3 is 16.4 Å². The molecular weight excluding hydrogens is 292 g/mol. The van der Waals surface area contributed by atoms with Crippen LogP contribution in [0.25, 0.3) is 0 Å². The summed E-state index contributed by atoms with van der Waals surface area (Å²) in [6.07, 6.45) is 0.635. The molecule has 1 saturated carbocycles. The number of hydrogen-bond donors (Lipinski definition) is 3. The number of nitrogens with zero attached hydrogens (tertiary/aromatic N) is 2. The fourth-order valence-electron chi connectivity index (χ4n) is 2.41. The maximum Gasteiger partial charge on any atom is 0.319 e. The van der Waals surface area contributed by atoms with Gasteiger partial charge >= 0.3 is 6.03 Å². The lowest BCUT2D eigenvalue weighted by molar-refractivity contribution is 0.138. The number of amides is 2. The van der Waals surface area contributed by atoms with Gasteiger partial charge in [0.1, 0.15) is 5.69 Å². The van der Waals surface area contributed by atoms with Crippen molar-refractivity contribution in [3.8, 4) is 0 Å². The zero-order chi connectivity index (χ0) is 16.3. The SMILES string of the molecule is CC(C)Cn1ncc(NC(=O)NC(CN)C2CC2)c1C(F)F. The summed E-state index contributed by atoms with van der Waals surface area (Å²) in [7, 11) is 0. The third-order valence-corrected chi connectivity index (χ3v) is 3.63. The number of alkyl halides is 2. The highest BCUT2D eigenvalue weighted by atomic mass is 19.3. The van der Waals surface area contributed by atoms with Crippen molar-refractivity contribution in [2.75, 3.05) is 11.9 Å². The van der Waals surface area contributed by atoms with Crippen LogP contribution in [0, 0.1) is 11.8 Å². The van der Waals surface area contributed by atoms with E-state index in [0.717, 1.165) is 12.8 Å². The highest BCUT2D eigenvalue weighted by molar-refractivity contribution is 5.90. The second-order valence-electron chi connectivity index (χ2n) is 6.10. The van der Waals surface area contributed by atoms with Crippen molar-refractivity contribution < 1.29 is 13.6 Å². The van der Waals surface area contributed by atoms with E-state index >= 15 is 0 Å². The molecule has 0 saturated heterocycles. The van der Waals surface area contributed by atoms with Gasteiger partial charge in [-0.1, -0.05) is 13.8 Å². The van der Waals surface area contributed by atoms with E-state index in [4.69, 9.17) is 5.73 Å². The minimum absolute atomic E-state index is 0.0414. The van der Waals surface area contributed by atoms with Crippen molar-refractivity contribution in [2.45, 2.75) is 45.7 Å². The summed E-state index contributed by atoms with van der Waals surface area (Å²) >= 11 is 0. The molecule has 124 valence electrons. The van der Waals surface area contributed by atoms with Crippen molar-refractivity contribution in [1.29, 1.82) is 0 Å². The van der Waals surface area contributed by atoms with Crippen LogP contribution < -0.4 is 16.4 Å². The Morgan fingerprint density at radius 1 is 1.50 bits per heavy atom. The van der Waals surface area contributed by atoms with Crippen LogP contribution in [0.2, 0.25) is 0 Å². The van der Waals surface area contributed by atoms with Gasteiger partial charge in [-0.3, -0.25) is 4.68 Å². The number of carbonyl (C=O) groups excluding carboxylic acids is 1. The molecule has 4 N–H and O–H groups in total. The van der Waals surface area contributed by atoms with Crippen LogP contribution >= 0.6 is 0 Å². The zero-order valence-electron chi connectivity index (χ0n) is 12.9. The molecule has 0 spiro atoms. The van der Waals surface area contributed by atoms with Crippen molar-refractivity contribution in [2.24, 2.45) is 17.6 Å². The highest BCUT2D eigenvalue weighted by Gasteiger charge is 2.31. The van der Waals surface area contributed by atoms with Gasteiger partial charge in [-0.05, 0) is 24.7 Å². The molecular formula is C14H23F2N5O. The Balaban J connectivity index is 2.04. The molecule has 2 amide bonds. The summed E-state index contributed by atoms with van der Waals surface area (Å²) < 4.78 is 27.7. The normalized spacial score (nSPS) is 16.1. The average Bonchev–Trinajstić information content (AvgIpc) is 3.19. The van der Waals surface area contributed by atoms with E-state index in [1.807, 2.05) is 13.8 Å². The molecule has 0 aliphatic heterocycles. The summed E-state index contributed by atoms with van der Waals surface area (Å²) in [5.41, 5.74) is 5.39. The van der Waals surface area contributed by atoms with E-state index < -0.39 is 12.5 Å². The molecule has 1 aliphatic rings. The van der Waals surface area contributed by atoms with Crippen molar-refractivity contribution >= 4 is 11.7 Å². The van der Waals surface area contributed by atoms with E-state index in [9.17, 15) is 13.6 Å². The number of aromatic nitrogens is 2. The summed E-state index contributed by atoms with van der Waals surface area (Å²) in [4.78, 5) is 12.0. The maximum absolute atomic E-state index is 13.2. The fourth-order valence-corrected chi connectivity index (χ4v) is 2.41. The molecule has 0 bridgehead atoms. The van der Waals surface area contributed by atoms with Crippen LogP contribution in [0.1, 0.15) is 38.8 Å². The van der Waals surface area contributed by atoms with E-state index in [-0.39, 0.29) is 23.3 Å². The Hall–Kier alpha value is -1.70. The van der Waals surface area contributed by atoms with Gasteiger partial charge in [0.05, 0.1) is 11.9 Å². The lowest BCUT2D eigenvalue weighted by Gasteiger charge is -2.17. The molecule has 1 atom stereocenters. The first kappa shape index (κ1) is 16.7. The Labute approximate surface area is 128 Å². The van der Waals surface area contributed by atoms with Crippen LogP contribution in [-0.2, 0) is 6.54 Å². The van der Waals surface area contributed by atoms with Crippen LogP contribution in [0.3, 0.4) is 0 Å². The molecule has 1 heterocycles. The summed E-state index contributed by atoms with van der Waals surface area (Å²) in [6, 6.07) is -0.631. The number of urea groups is 1. The van der Waals surface area contributed by atoms with Crippen LogP contribution in [0.15, 0.2) is 6.20 Å². The molecule has 1 fully saturated rings. The Kier molecular flexibility index (Phi) is 5.33. The third kappa shape index (κ3) is 4.16. The number of hydrogen-bond acceptors (Lipinski definition) is 3. The largest absolute Gasteiger partial charge is 0.334 e. The van der Waals surface area contributed by atoms with E-state index in [1.165, 1.54) is 10.9 Å². The summed E-state index contributed by atoms with van der Waals surface area (Å²) in [5.74, 6) is 0.574. The average molecular weight is 315 g/mol. The number of nitrogens with one attached hydrogen (secondary N) is 2. The van der Waals surface area contributed by atoms with Crippen LogP contribution in [-0.4, -0.2) is 28.4 Å². The molecule has 0 aromatic carbocycles. The lowest BCUT2D eigenvalue weighted by atomic mass is 10.2. The first-order valence-electron chi connectivity index (χ1n) is 7.53. The van der Waals surface area contributed by atoms with E-state index in [2.05, 4.69) is 15.7 Å². The van der Waals surface area contributed by atoms with E-state index in [0.29, 0.717) is 19.0 Å². The van der Waals surface area contributed by atoms with Gasteiger partial charge in [0, 0.05) is 19.1 Å². The second kappa shape index (κ2) is 7.04. The molecule has 0 radical (unpaired) electrons. The van der Waals surface area contributed by atoms with Gasteiger partial charge in [-0.15, -0.1) is 0 Å². The smallest absolute Gasteiger partial charge is 0.319 e. The number of carbonyl (C=O) groups is 1. The predicted octanol–water partition coefficient (Wildman–Crippen LogP) is 2.34. The van der Waals surface area contributed by atoms with Crippen molar-refractivity contribution in [3.63, 3.8) is 0 Å². The fraction of sp³-hybridized carbons (Fsp3) is 0.714. The Bertz CT molecular complexity index is 513. The minimum atomic E-state index is -2.70. The minimum Gasteiger partial charge on any atom is -0.334 e. The zero-order valence-corrected chi connectivity index (χ0v) is 12.9. The third-order valence-electron chi connectivity index (χ3n) is 3.63. The molecule has 1 aromatic heterocycles. The summed E-state index contributed by atoms with van der Waals surface area (Å²) in [5, 5.41) is 9.15. The standard InChI is InChI=1S/C14H23F2N5O/c1-8(2)7-21-12(13(15)16)11(6-18-21)20-14(22)19-10(5-17)9-3-4-9/h6,8-10,13H,3-5,7,17H2,1-2H3,(H2,19,20,22). The first-order chi connectivity index (χ1) is 10.4. The number of halogens is 2. The molecule has 8 heteroatoms. The molecule has 1 aromatic rings. The molecule has 22 heavy (non-hydrogen) atoms. The Morgan fingerprint density at radius 2 is 2.18 bits per heavy atom. The number of nitrogens with two attached hydrogens (primary N) is 1. The van der Waals surface area contributed by atoms with Gasteiger partial charge in [0.15, 0.2) is 0 Å². The van der Waals surface area contributed by atoms with Gasteiger partial charge in [0.25, 0.3) is 6.43 Å². The first-order valence-corrected chi connectivity index (χ1v) is 7.53. The second-order valence-corrected chi connectivity index (χ2v) is 6.10. The van der Waals surface area contributed by atoms with E-state index in [1.54, 1.807) is 0 Å². The van der Waals surface area contributed by atoms with Gasteiger partial charge in [0.2, 0.25) is 0 Å². The van der Waals surface area contributed by atoms with Crippen molar-refractivity contribution in [1.82, 2.24) is 15.1 Å². The Morgan fingerprint density at radius 3 is 2.68 bits per heavy atom. The van der Waals surface area contributed by atoms with Crippen LogP contribution in [0.5, 0.6) is 0 Å². The molecule has 1 unspecified atom stereocenters. The highest BCUT2D eigenvalue weighted by Crippen LogP contribution is 2.32. The predicted molar refractivity (Wildman–Crippen MR) is 79.7 cm³/mol. The monoisotopic (exact) mass is 315 g/mol. The topological polar surface area (TPSA) is 85.0 Å².